The van der Waals surface area contributed by atoms with E-state index in [1.54, 1.807) is 0 Å². The van der Waals surface area contributed by atoms with Crippen molar-refractivity contribution in [2.24, 2.45) is 0 Å². The van der Waals surface area contributed by atoms with Crippen LogP contribution >= 0.6 is 0 Å². The number of aromatic nitrogens is 1. The fourth-order valence-electron chi connectivity index (χ4n) is 1.11. The van der Waals surface area contributed by atoms with Gasteiger partial charge in [0.05, 0.1) is 38.5 Å². The van der Waals surface area contributed by atoms with Crippen LogP contribution in [0.1, 0.15) is 5.56 Å². The molecule has 0 atom stereocenters. The first kappa shape index (κ1) is 10.1. The lowest BCUT2D eigenvalue weighted by atomic mass is 10.1. The van der Waals surface area contributed by atoms with Crippen molar-refractivity contribution in [1.82, 2.24) is 4.98 Å². The standard InChI is InChI=1S/C9H10N2O3/c1-13-8-6(3-4-10)7(12)5-11-9(8)14-2/h5,12H,3H2,1-2H3. The highest BCUT2D eigenvalue weighted by atomic mass is 16.5. The average molecular weight is 194 g/mol. The van der Waals surface area contributed by atoms with E-state index in [4.69, 9.17) is 14.7 Å². The number of nitriles is 1. The lowest BCUT2D eigenvalue weighted by Crippen LogP contribution is -1.98. The SMILES string of the molecule is COc1ncc(O)c(CC#N)c1OC. The molecule has 0 bridgehead atoms. The van der Waals surface area contributed by atoms with E-state index >= 15 is 0 Å². The van der Waals surface area contributed by atoms with Gasteiger partial charge in [0.15, 0.2) is 5.75 Å². The summed E-state index contributed by atoms with van der Waals surface area (Å²) in [5, 5.41) is 18.0. The van der Waals surface area contributed by atoms with E-state index in [1.807, 2.05) is 6.07 Å². The third kappa shape index (κ3) is 1.69. The van der Waals surface area contributed by atoms with Crippen molar-refractivity contribution in [2.75, 3.05) is 14.2 Å². The summed E-state index contributed by atoms with van der Waals surface area (Å²) in [6.07, 6.45) is 1.28. The van der Waals surface area contributed by atoms with E-state index < -0.39 is 0 Å². The van der Waals surface area contributed by atoms with Crippen LogP contribution in [0.5, 0.6) is 17.4 Å². The Bertz CT molecular complexity index is 371. The molecular formula is C9H10N2O3. The van der Waals surface area contributed by atoms with E-state index in [0.29, 0.717) is 11.3 Å². The summed E-state index contributed by atoms with van der Waals surface area (Å²) >= 11 is 0. The second kappa shape index (κ2) is 4.33. The van der Waals surface area contributed by atoms with Crippen molar-refractivity contribution in [2.45, 2.75) is 6.42 Å². The van der Waals surface area contributed by atoms with E-state index in [1.165, 1.54) is 20.4 Å². The number of nitrogens with zero attached hydrogens (tertiary/aromatic N) is 2. The van der Waals surface area contributed by atoms with Crippen LogP contribution in [0, 0.1) is 11.3 Å². The lowest BCUT2D eigenvalue weighted by molar-refractivity contribution is 0.335. The number of rotatable bonds is 3. The molecule has 0 radical (unpaired) electrons. The van der Waals surface area contributed by atoms with Gasteiger partial charge in [-0.15, -0.1) is 0 Å². The summed E-state index contributed by atoms with van der Waals surface area (Å²) in [7, 11) is 2.87. The van der Waals surface area contributed by atoms with Crippen molar-refractivity contribution in [1.29, 1.82) is 5.26 Å². The van der Waals surface area contributed by atoms with Gasteiger partial charge in [-0.3, -0.25) is 0 Å². The zero-order valence-electron chi connectivity index (χ0n) is 7.94. The van der Waals surface area contributed by atoms with Gasteiger partial charge in [-0.25, -0.2) is 4.98 Å². The summed E-state index contributed by atoms with van der Waals surface area (Å²) in [5.41, 5.74) is 0.391. The molecule has 0 aliphatic heterocycles. The van der Waals surface area contributed by atoms with E-state index in [0.717, 1.165) is 0 Å². The second-order valence-electron chi connectivity index (χ2n) is 2.50. The first-order valence-electron chi connectivity index (χ1n) is 3.90. The molecule has 0 aliphatic rings. The molecule has 0 amide bonds. The summed E-state index contributed by atoms with van der Waals surface area (Å²) in [6, 6.07) is 1.93. The minimum absolute atomic E-state index is 0.0495. The molecule has 5 nitrogen and oxygen atoms in total. The molecule has 0 unspecified atom stereocenters. The van der Waals surface area contributed by atoms with Crippen molar-refractivity contribution < 1.29 is 14.6 Å². The molecular weight excluding hydrogens is 184 g/mol. The minimum Gasteiger partial charge on any atom is -0.506 e. The molecule has 1 heterocycles. The van der Waals surface area contributed by atoms with Crippen molar-refractivity contribution in [3.63, 3.8) is 0 Å². The van der Waals surface area contributed by atoms with Gasteiger partial charge in [0.1, 0.15) is 5.75 Å². The maximum Gasteiger partial charge on any atom is 0.257 e. The van der Waals surface area contributed by atoms with Crippen molar-refractivity contribution >= 4 is 0 Å². The molecule has 1 N–H and O–H groups in total. The third-order valence-corrected chi connectivity index (χ3v) is 1.73. The monoisotopic (exact) mass is 194 g/mol. The molecule has 74 valence electrons. The highest BCUT2D eigenvalue weighted by Crippen LogP contribution is 2.34. The van der Waals surface area contributed by atoms with Crippen LogP contribution in [0.4, 0.5) is 0 Å². The average Bonchev–Trinajstić information content (AvgIpc) is 2.21. The Balaban J connectivity index is 3.28. The van der Waals surface area contributed by atoms with Crippen LogP contribution in [0.15, 0.2) is 6.20 Å². The molecule has 0 aromatic carbocycles. The predicted molar refractivity (Wildman–Crippen MR) is 48.3 cm³/mol. The van der Waals surface area contributed by atoms with E-state index in [2.05, 4.69) is 4.98 Å². The smallest absolute Gasteiger partial charge is 0.257 e. The van der Waals surface area contributed by atoms with Gasteiger partial charge in [0.25, 0.3) is 5.88 Å². The Morgan fingerprint density at radius 2 is 2.21 bits per heavy atom. The Hall–Kier alpha value is -1.96. The molecule has 0 aliphatic carbocycles. The Morgan fingerprint density at radius 3 is 2.71 bits per heavy atom. The topological polar surface area (TPSA) is 75.4 Å². The number of hydrogen-bond acceptors (Lipinski definition) is 5. The molecule has 5 heteroatoms. The van der Waals surface area contributed by atoms with Gasteiger partial charge in [-0.05, 0) is 0 Å². The highest BCUT2D eigenvalue weighted by molar-refractivity contribution is 5.49. The summed E-state index contributed by atoms with van der Waals surface area (Å²) in [4.78, 5) is 3.80. The van der Waals surface area contributed by atoms with Gasteiger partial charge in [-0.1, -0.05) is 0 Å². The number of ether oxygens (including phenoxy) is 2. The van der Waals surface area contributed by atoms with Crippen LogP contribution in [0.3, 0.4) is 0 Å². The van der Waals surface area contributed by atoms with Crippen molar-refractivity contribution in [3.8, 4) is 23.4 Å². The van der Waals surface area contributed by atoms with Crippen LogP contribution < -0.4 is 9.47 Å². The normalized spacial score (nSPS) is 9.21. The number of aromatic hydroxyl groups is 1. The summed E-state index contributed by atoms with van der Waals surface area (Å²) < 4.78 is 9.92. The summed E-state index contributed by atoms with van der Waals surface area (Å²) in [5.74, 6) is 0.494. The lowest BCUT2D eigenvalue weighted by Gasteiger charge is -2.10. The zero-order valence-corrected chi connectivity index (χ0v) is 7.94. The second-order valence-corrected chi connectivity index (χ2v) is 2.50. The minimum atomic E-state index is -0.0656. The maximum atomic E-state index is 9.42. The fraction of sp³-hybridized carbons (Fsp3) is 0.333. The molecule has 0 spiro atoms. The van der Waals surface area contributed by atoms with Crippen LogP contribution in [0.2, 0.25) is 0 Å². The maximum absolute atomic E-state index is 9.42. The quantitative estimate of drug-likeness (QED) is 0.772. The van der Waals surface area contributed by atoms with Crippen molar-refractivity contribution in [3.05, 3.63) is 11.8 Å². The number of pyridine rings is 1. The van der Waals surface area contributed by atoms with Crippen LogP contribution in [-0.4, -0.2) is 24.3 Å². The fourth-order valence-corrected chi connectivity index (χ4v) is 1.11. The highest BCUT2D eigenvalue weighted by Gasteiger charge is 2.15. The molecule has 1 aromatic rings. The molecule has 0 saturated carbocycles. The molecule has 0 saturated heterocycles. The Labute approximate surface area is 81.5 Å². The Kier molecular flexibility index (Phi) is 3.13. The van der Waals surface area contributed by atoms with E-state index in [9.17, 15) is 5.11 Å². The van der Waals surface area contributed by atoms with Gasteiger partial charge in [-0.2, -0.15) is 5.26 Å². The molecule has 0 fully saturated rings. The van der Waals surface area contributed by atoms with Gasteiger partial charge < -0.3 is 14.6 Å². The number of methoxy groups -OCH3 is 2. The molecule has 14 heavy (non-hydrogen) atoms. The Morgan fingerprint density at radius 1 is 1.50 bits per heavy atom. The molecule has 1 aromatic heterocycles. The zero-order chi connectivity index (χ0) is 10.6. The van der Waals surface area contributed by atoms with Gasteiger partial charge in [0, 0.05) is 0 Å². The molecule has 1 rings (SSSR count). The van der Waals surface area contributed by atoms with Crippen LogP contribution in [0.25, 0.3) is 0 Å². The first-order chi connectivity index (χ1) is 6.74. The predicted octanol–water partition coefficient (Wildman–Crippen LogP) is 0.870. The largest absolute Gasteiger partial charge is 0.506 e. The van der Waals surface area contributed by atoms with Crippen LogP contribution in [-0.2, 0) is 6.42 Å². The summed E-state index contributed by atoms with van der Waals surface area (Å²) in [6.45, 7) is 0. The van der Waals surface area contributed by atoms with Gasteiger partial charge in [0.2, 0.25) is 0 Å². The third-order valence-electron chi connectivity index (χ3n) is 1.73. The van der Waals surface area contributed by atoms with Gasteiger partial charge >= 0.3 is 0 Å². The van der Waals surface area contributed by atoms with E-state index in [-0.39, 0.29) is 18.1 Å². The number of hydrogen-bond donors (Lipinski definition) is 1. The first-order valence-corrected chi connectivity index (χ1v) is 3.90.